The van der Waals surface area contributed by atoms with Gasteiger partial charge in [-0.1, -0.05) is 30.3 Å². The Morgan fingerprint density at radius 1 is 1.33 bits per heavy atom. The second kappa shape index (κ2) is 5.21. The van der Waals surface area contributed by atoms with Crippen LogP contribution in [0.1, 0.15) is 18.5 Å². The van der Waals surface area contributed by atoms with Crippen molar-refractivity contribution in [2.24, 2.45) is 0 Å². The van der Waals surface area contributed by atoms with Gasteiger partial charge in [-0.15, -0.1) is 0 Å². The van der Waals surface area contributed by atoms with Gasteiger partial charge in [0.2, 0.25) is 0 Å². The largest absolute Gasteiger partial charge is 0.392 e. The first-order valence-electron chi connectivity index (χ1n) is 6.89. The van der Waals surface area contributed by atoms with Crippen LogP contribution in [0.2, 0.25) is 0 Å². The predicted molar refractivity (Wildman–Crippen MR) is 76.1 cm³/mol. The summed E-state index contributed by atoms with van der Waals surface area (Å²) in [6.07, 6.45) is -0.603. The number of aliphatic hydroxyl groups excluding tert-OH is 1. The second-order valence-corrected chi connectivity index (χ2v) is 5.37. The Morgan fingerprint density at radius 2 is 2.05 bits per heavy atom. The van der Waals surface area contributed by atoms with Gasteiger partial charge in [0.25, 0.3) is 5.91 Å². The molecule has 2 atom stereocenters. The van der Waals surface area contributed by atoms with E-state index in [0.717, 1.165) is 5.56 Å². The van der Waals surface area contributed by atoms with Crippen molar-refractivity contribution in [1.82, 2.24) is 15.5 Å². The van der Waals surface area contributed by atoms with Crippen molar-refractivity contribution in [2.45, 2.75) is 19.1 Å². The van der Waals surface area contributed by atoms with Crippen LogP contribution in [0.5, 0.6) is 0 Å². The van der Waals surface area contributed by atoms with Crippen LogP contribution in [0.4, 0.5) is 4.79 Å². The Hall–Kier alpha value is -2.34. The van der Waals surface area contributed by atoms with Crippen molar-refractivity contribution in [3.8, 4) is 0 Å². The van der Waals surface area contributed by atoms with E-state index in [2.05, 4.69) is 10.6 Å². The molecule has 2 aliphatic heterocycles. The molecule has 3 amide bonds. The minimum Gasteiger partial charge on any atom is -0.392 e. The third kappa shape index (κ3) is 2.50. The summed E-state index contributed by atoms with van der Waals surface area (Å²) in [6, 6.07) is 8.64. The molecule has 3 N–H and O–H groups in total. The van der Waals surface area contributed by atoms with Gasteiger partial charge in [0.1, 0.15) is 0 Å². The number of nitrogens with one attached hydrogen (secondary N) is 2. The van der Waals surface area contributed by atoms with Crippen molar-refractivity contribution in [3.63, 3.8) is 0 Å². The van der Waals surface area contributed by atoms with Crippen molar-refractivity contribution in [1.29, 1.82) is 0 Å². The third-order valence-electron chi connectivity index (χ3n) is 3.64. The van der Waals surface area contributed by atoms with Gasteiger partial charge in [-0.2, -0.15) is 0 Å². The lowest BCUT2D eigenvalue weighted by Gasteiger charge is -2.25. The quantitative estimate of drug-likeness (QED) is 0.758. The highest BCUT2D eigenvalue weighted by Crippen LogP contribution is 2.32. The lowest BCUT2D eigenvalue weighted by atomic mass is 9.96. The predicted octanol–water partition coefficient (Wildman–Crippen LogP) is 0.518. The van der Waals surface area contributed by atoms with Crippen LogP contribution >= 0.6 is 0 Å². The Kier molecular flexibility index (Phi) is 3.39. The standard InChI is InChI=1S/C15H17N3O3/c1-9(19)7-18-8-11-12(14(18)20)13(17-15(21)16-11)10-5-3-2-4-6-10/h2-6,9,13,19H,7-8H2,1H3,(H2,16,17,21)/t9-,13-/m0/s1. The van der Waals surface area contributed by atoms with E-state index in [1.807, 2.05) is 30.3 Å². The molecule has 1 aromatic carbocycles. The van der Waals surface area contributed by atoms with Crippen LogP contribution in [0.15, 0.2) is 41.6 Å². The van der Waals surface area contributed by atoms with E-state index in [0.29, 0.717) is 17.8 Å². The van der Waals surface area contributed by atoms with E-state index in [4.69, 9.17) is 0 Å². The summed E-state index contributed by atoms with van der Waals surface area (Å²) in [5.41, 5.74) is 2.05. The third-order valence-corrected chi connectivity index (χ3v) is 3.64. The van der Waals surface area contributed by atoms with Crippen LogP contribution in [0, 0.1) is 0 Å². The zero-order valence-corrected chi connectivity index (χ0v) is 11.7. The summed E-state index contributed by atoms with van der Waals surface area (Å²) in [4.78, 5) is 25.9. The fourth-order valence-corrected chi connectivity index (χ4v) is 2.79. The molecule has 21 heavy (non-hydrogen) atoms. The van der Waals surface area contributed by atoms with E-state index in [1.54, 1.807) is 11.8 Å². The van der Waals surface area contributed by atoms with Crippen LogP contribution < -0.4 is 10.6 Å². The van der Waals surface area contributed by atoms with E-state index in [1.165, 1.54) is 0 Å². The number of amides is 3. The fraction of sp³-hybridized carbons (Fsp3) is 0.333. The molecular formula is C15H17N3O3. The number of rotatable bonds is 3. The molecule has 3 rings (SSSR count). The molecule has 2 aliphatic rings. The van der Waals surface area contributed by atoms with E-state index < -0.39 is 12.1 Å². The van der Waals surface area contributed by atoms with Crippen LogP contribution in [-0.4, -0.2) is 41.1 Å². The molecule has 2 heterocycles. The molecule has 0 saturated carbocycles. The van der Waals surface area contributed by atoms with E-state index in [-0.39, 0.29) is 18.5 Å². The Morgan fingerprint density at radius 3 is 2.71 bits per heavy atom. The van der Waals surface area contributed by atoms with Gasteiger partial charge in [0.15, 0.2) is 0 Å². The molecule has 110 valence electrons. The first-order chi connectivity index (χ1) is 10.1. The SMILES string of the molecule is C[C@H](O)CN1CC2=C(C1=O)[C@H](c1ccccc1)NC(=O)N2. The summed E-state index contributed by atoms with van der Waals surface area (Å²) >= 11 is 0. The first kappa shape index (κ1) is 13.6. The Balaban J connectivity index is 1.94. The molecule has 0 spiro atoms. The molecule has 1 aromatic rings. The van der Waals surface area contributed by atoms with Gasteiger partial charge in [-0.25, -0.2) is 4.79 Å². The van der Waals surface area contributed by atoms with Crippen LogP contribution in [0.3, 0.4) is 0 Å². The van der Waals surface area contributed by atoms with E-state index >= 15 is 0 Å². The minimum atomic E-state index is -0.603. The number of urea groups is 1. The number of aliphatic hydroxyl groups is 1. The highest BCUT2D eigenvalue weighted by Gasteiger charge is 2.40. The van der Waals surface area contributed by atoms with Gasteiger partial charge >= 0.3 is 6.03 Å². The summed E-state index contributed by atoms with van der Waals surface area (Å²) in [5, 5.41) is 15.0. The van der Waals surface area contributed by atoms with Gasteiger partial charge in [-0.3, -0.25) is 4.79 Å². The lowest BCUT2D eigenvalue weighted by Crippen LogP contribution is -2.44. The van der Waals surface area contributed by atoms with Gasteiger partial charge in [0.05, 0.1) is 30.0 Å². The maximum absolute atomic E-state index is 12.5. The molecule has 0 aliphatic carbocycles. The Labute approximate surface area is 122 Å². The molecule has 0 radical (unpaired) electrons. The maximum atomic E-state index is 12.5. The summed E-state index contributed by atoms with van der Waals surface area (Å²) in [6.45, 7) is 2.22. The number of hydrogen-bond acceptors (Lipinski definition) is 3. The lowest BCUT2D eigenvalue weighted by molar-refractivity contribution is -0.126. The monoisotopic (exact) mass is 287 g/mol. The van der Waals surface area contributed by atoms with Crippen molar-refractivity contribution in [3.05, 3.63) is 47.2 Å². The first-order valence-corrected chi connectivity index (χ1v) is 6.89. The Bertz CT molecular complexity index is 610. The highest BCUT2D eigenvalue weighted by molar-refractivity contribution is 6.01. The number of benzene rings is 1. The fourth-order valence-electron chi connectivity index (χ4n) is 2.79. The van der Waals surface area contributed by atoms with Crippen molar-refractivity contribution < 1.29 is 14.7 Å². The zero-order chi connectivity index (χ0) is 15.0. The van der Waals surface area contributed by atoms with E-state index in [9.17, 15) is 14.7 Å². The van der Waals surface area contributed by atoms with Crippen LogP contribution in [-0.2, 0) is 4.79 Å². The van der Waals surface area contributed by atoms with Crippen LogP contribution in [0.25, 0.3) is 0 Å². The molecule has 6 heteroatoms. The number of hydrogen-bond donors (Lipinski definition) is 3. The molecule has 0 bridgehead atoms. The zero-order valence-electron chi connectivity index (χ0n) is 11.7. The maximum Gasteiger partial charge on any atom is 0.319 e. The second-order valence-electron chi connectivity index (χ2n) is 5.37. The average molecular weight is 287 g/mol. The number of carbonyl (C=O) groups excluding carboxylic acids is 2. The molecule has 0 fully saturated rings. The summed E-state index contributed by atoms with van der Waals surface area (Å²) in [5.74, 6) is -0.146. The van der Waals surface area contributed by atoms with Crippen molar-refractivity contribution >= 4 is 11.9 Å². The normalized spacial score (nSPS) is 22.8. The molecule has 0 saturated heterocycles. The summed E-state index contributed by atoms with van der Waals surface area (Å²) in [7, 11) is 0. The number of carbonyl (C=O) groups is 2. The number of β-amino-alcohol motifs (C(OH)–C–C–N with tert-alkyl or cyclic N) is 1. The topological polar surface area (TPSA) is 81.7 Å². The highest BCUT2D eigenvalue weighted by atomic mass is 16.3. The molecule has 0 aromatic heterocycles. The van der Waals surface area contributed by atoms with Crippen molar-refractivity contribution in [2.75, 3.05) is 13.1 Å². The molecule has 6 nitrogen and oxygen atoms in total. The van der Waals surface area contributed by atoms with Gasteiger partial charge in [-0.05, 0) is 12.5 Å². The number of nitrogens with zero attached hydrogens (tertiary/aromatic N) is 1. The van der Waals surface area contributed by atoms with Gasteiger partial charge in [0, 0.05) is 6.54 Å². The molecular weight excluding hydrogens is 270 g/mol. The summed E-state index contributed by atoms with van der Waals surface area (Å²) < 4.78 is 0. The van der Waals surface area contributed by atoms with Gasteiger partial charge < -0.3 is 20.6 Å². The average Bonchev–Trinajstić information content (AvgIpc) is 2.74. The smallest absolute Gasteiger partial charge is 0.319 e. The minimum absolute atomic E-state index is 0.146. The molecule has 0 unspecified atom stereocenters.